The van der Waals surface area contributed by atoms with Crippen LogP contribution in [0.25, 0.3) is 0 Å². The number of halogens is 2. The van der Waals surface area contributed by atoms with E-state index in [1.54, 1.807) is 0 Å². The number of nitrogens with two attached hydrogens (primary N) is 1. The molecule has 0 saturated carbocycles. The van der Waals surface area contributed by atoms with Crippen molar-refractivity contribution in [2.75, 3.05) is 13.1 Å². The molecule has 16 heavy (non-hydrogen) atoms. The number of aliphatic imine (C=N–C) groups is 1. The van der Waals surface area contributed by atoms with Crippen LogP contribution in [0.1, 0.15) is 17.2 Å². The van der Waals surface area contributed by atoms with E-state index < -0.39 is 0 Å². The highest BCUT2D eigenvalue weighted by Crippen LogP contribution is 2.23. The summed E-state index contributed by atoms with van der Waals surface area (Å²) < 4.78 is 0. The van der Waals surface area contributed by atoms with Gasteiger partial charge in [0.1, 0.15) is 5.84 Å². The van der Waals surface area contributed by atoms with Gasteiger partial charge in [0.15, 0.2) is 0 Å². The predicted molar refractivity (Wildman–Crippen MR) is 70.7 cm³/mol. The molecule has 0 amide bonds. The van der Waals surface area contributed by atoms with Gasteiger partial charge in [-0.25, -0.2) is 0 Å². The maximum absolute atomic E-state index is 6.12. The first kappa shape index (κ1) is 13.3. The van der Waals surface area contributed by atoms with Gasteiger partial charge in [-0.1, -0.05) is 23.7 Å². The van der Waals surface area contributed by atoms with E-state index in [0.29, 0.717) is 0 Å². The lowest BCUT2D eigenvalue weighted by atomic mass is 10.0. The van der Waals surface area contributed by atoms with Crippen molar-refractivity contribution in [3.63, 3.8) is 0 Å². The van der Waals surface area contributed by atoms with Crippen LogP contribution in [0.5, 0.6) is 0 Å². The maximum atomic E-state index is 6.12. The third-order valence-corrected chi connectivity index (χ3v) is 3.05. The molecule has 0 aliphatic carbocycles. The SMILES string of the molecule is Cc1c(Cl)cccc1C(N)C1=NCCN1.Cl. The van der Waals surface area contributed by atoms with E-state index in [1.807, 2.05) is 25.1 Å². The summed E-state index contributed by atoms with van der Waals surface area (Å²) in [7, 11) is 0. The smallest absolute Gasteiger partial charge is 0.118 e. The molecule has 0 fully saturated rings. The second kappa shape index (κ2) is 5.53. The van der Waals surface area contributed by atoms with Crippen LogP contribution in [-0.2, 0) is 0 Å². The van der Waals surface area contributed by atoms with Gasteiger partial charge in [0, 0.05) is 11.6 Å². The quantitative estimate of drug-likeness (QED) is 0.855. The van der Waals surface area contributed by atoms with Gasteiger partial charge in [-0.3, -0.25) is 4.99 Å². The van der Waals surface area contributed by atoms with Crippen molar-refractivity contribution < 1.29 is 0 Å². The number of rotatable bonds is 2. The highest BCUT2D eigenvalue weighted by atomic mass is 35.5. The van der Waals surface area contributed by atoms with Crippen LogP contribution >= 0.6 is 24.0 Å². The van der Waals surface area contributed by atoms with E-state index in [2.05, 4.69) is 10.3 Å². The van der Waals surface area contributed by atoms with Gasteiger partial charge in [0.2, 0.25) is 0 Å². The van der Waals surface area contributed by atoms with Crippen molar-refractivity contribution in [1.29, 1.82) is 0 Å². The zero-order chi connectivity index (χ0) is 10.8. The van der Waals surface area contributed by atoms with Crippen LogP contribution < -0.4 is 11.1 Å². The van der Waals surface area contributed by atoms with Gasteiger partial charge >= 0.3 is 0 Å². The van der Waals surface area contributed by atoms with Gasteiger partial charge in [0.25, 0.3) is 0 Å². The molecule has 1 aliphatic heterocycles. The lowest BCUT2D eigenvalue weighted by molar-refractivity contribution is 0.887. The van der Waals surface area contributed by atoms with Crippen molar-refractivity contribution in [2.45, 2.75) is 13.0 Å². The first-order valence-corrected chi connectivity index (χ1v) is 5.37. The zero-order valence-electron chi connectivity index (χ0n) is 9.03. The fourth-order valence-electron chi connectivity index (χ4n) is 1.73. The number of hydrogen-bond acceptors (Lipinski definition) is 3. The summed E-state index contributed by atoms with van der Waals surface area (Å²) in [4.78, 5) is 4.32. The van der Waals surface area contributed by atoms with E-state index in [-0.39, 0.29) is 18.4 Å². The molecule has 0 aromatic heterocycles. The summed E-state index contributed by atoms with van der Waals surface area (Å²) in [5, 5.41) is 3.93. The Morgan fingerprint density at radius 2 is 2.25 bits per heavy atom. The van der Waals surface area contributed by atoms with Gasteiger partial charge in [0.05, 0.1) is 12.6 Å². The van der Waals surface area contributed by atoms with Gasteiger partial charge in [-0.15, -0.1) is 12.4 Å². The average Bonchev–Trinajstić information content (AvgIpc) is 2.74. The normalized spacial score (nSPS) is 16.1. The van der Waals surface area contributed by atoms with Crippen LogP contribution in [0.2, 0.25) is 5.02 Å². The summed E-state index contributed by atoms with van der Waals surface area (Å²) >= 11 is 6.05. The molecule has 88 valence electrons. The molecule has 1 heterocycles. The molecule has 3 N–H and O–H groups in total. The molecule has 1 aromatic rings. The summed E-state index contributed by atoms with van der Waals surface area (Å²) in [6, 6.07) is 5.59. The summed E-state index contributed by atoms with van der Waals surface area (Å²) in [5.41, 5.74) is 8.19. The Hall–Kier alpha value is -0.770. The van der Waals surface area contributed by atoms with Crippen LogP contribution in [-0.4, -0.2) is 18.9 Å². The number of amidine groups is 1. The Morgan fingerprint density at radius 3 is 2.88 bits per heavy atom. The standard InChI is InChI=1S/C11H14ClN3.ClH/c1-7-8(3-2-4-9(7)12)10(13)11-14-5-6-15-11;/h2-4,10H,5-6,13H2,1H3,(H,14,15);1H. The van der Waals surface area contributed by atoms with Crippen molar-refractivity contribution in [2.24, 2.45) is 10.7 Å². The first-order chi connectivity index (χ1) is 7.20. The minimum absolute atomic E-state index is 0. The zero-order valence-corrected chi connectivity index (χ0v) is 10.6. The van der Waals surface area contributed by atoms with Crippen LogP contribution in [0.4, 0.5) is 0 Å². The summed E-state index contributed by atoms with van der Waals surface area (Å²) in [6.45, 7) is 3.67. The lowest BCUT2D eigenvalue weighted by Crippen LogP contribution is -2.31. The molecular formula is C11H15Cl2N3. The minimum Gasteiger partial charge on any atom is -0.370 e. The molecule has 0 bridgehead atoms. The topological polar surface area (TPSA) is 50.4 Å². The van der Waals surface area contributed by atoms with Gasteiger partial charge in [-0.05, 0) is 24.1 Å². The molecule has 5 heteroatoms. The van der Waals surface area contributed by atoms with Gasteiger partial charge in [-0.2, -0.15) is 0 Å². The summed E-state index contributed by atoms with van der Waals surface area (Å²) in [6.07, 6.45) is 0. The number of nitrogens with one attached hydrogen (secondary N) is 1. The Balaban J connectivity index is 0.00000128. The third-order valence-electron chi connectivity index (χ3n) is 2.64. The number of nitrogens with zero attached hydrogens (tertiary/aromatic N) is 1. The number of benzene rings is 1. The Labute approximate surface area is 106 Å². The van der Waals surface area contributed by atoms with E-state index in [4.69, 9.17) is 17.3 Å². The second-order valence-corrected chi connectivity index (χ2v) is 4.03. The van der Waals surface area contributed by atoms with E-state index >= 15 is 0 Å². The Kier molecular flexibility index (Phi) is 4.59. The Bertz CT molecular complexity index is 404. The fraction of sp³-hybridized carbons (Fsp3) is 0.364. The van der Waals surface area contributed by atoms with Crippen molar-refractivity contribution in [3.05, 3.63) is 34.3 Å². The van der Waals surface area contributed by atoms with Crippen LogP contribution in [0.15, 0.2) is 23.2 Å². The average molecular weight is 260 g/mol. The second-order valence-electron chi connectivity index (χ2n) is 3.63. The van der Waals surface area contributed by atoms with Crippen molar-refractivity contribution in [1.82, 2.24) is 5.32 Å². The molecule has 3 nitrogen and oxygen atoms in total. The lowest BCUT2D eigenvalue weighted by Gasteiger charge is -2.15. The molecule has 1 aliphatic rings. The van der Waals surface area contributed by atoms with Crippen molar-refractivity contribution >= 4 is 29.8 Å². The summed E-state index contributed by atoms with van der Waals surface area (Å²) in [5.74, 6) is 0.861. The molecule has 2 rings (SSSR count). The third kappa shape index (κ3) is 2.48. The molecular weight excluding hydrogens is 245 g/mol. The Morgan fingerprint density at radius 1 is 1.50 bits per heavy atom. The van der Waals surface area contributed by atoms with E-state index in [1.165, 1.54) is 0 Å². The molecule has 0 spiro atoms. The predicted octanol–water partition coefficient (Wildman–Crippen LogP) is 2.07. The number of hydrogen-bond donors (Lipinski definition) is 2. The fourth-order valence-corrected chi connectivity index (χ4v) is 1.91. The minimum atomic E-state index is -0.189. The first-order valence-electron chi connectivity index (χ1n) is 4.99. The van der Waals surface area contributed by atoms with Crippen molar-refractivity contribution in [3.8, 4) is 0 Å². The van der Waals surface area contributed by atoms with E-state index in [9.17, 15) is 0 Å². The highest BCUT2D eigenvalue weighted by molar-refractivity contribution is 6.31. The van der Waals surface area contributed by atoms with Gasteiger partial charge < -0.3 is 11.1 Å². The molecule has 1 atom stereocenters. The molecule has 0 saturated heterocycles. The van der Waals surface area contributed by atoms with Crippen LogP contribution in [0.3, 0.4) is 0 Å². The monoisotopic (exact) mass is 259 g/mol. The molecule has 0 radical (unpaired) electrons. The van der Waals surface area contributed by atoms with E-state index in [0.717, 1.165) is 35.1 Å². The largest absolute Gasteiger partial charge is 0.370 e. The molecule has 1 unspecified atom stereocenters. The molecule has 1 aromatic carbocycles. The van der Waals surface area contributed by atoms with Crippen LogP contribution in [0, 0.1) is 6.92 Å². The highest BCUT2D eigenvalue weighted by Gasteiger charge is 2.18. The maximum Gasteiger partial charge on any atom is 0.118 e.